The molecule has 2 aliphatic rings. The molecule has 112 valence electrons. The highest BCUT2D eigenvalue weighted by atomic mass is 19.1. The van der Waals surface area contributed by atoms with Crippen molar-refractivity contribution in [2.45, 2.75) is 25.3 Å². The zero-order chi connectivity index (χ0) is 14.8. The number of piperazine rings is 1. The van der Waals surface area contributed by atoms with E-state index in [1.807, 2.05) is 0 Å². The second-order valence-corrected chi connectivity index (χ2v) is 5.95. The van der Waals surface area contributed by atoms with E-state index in [-0.39, 0.29) is 11.8 Å². The molecule has 4 nitrogen and oxygen atoms in total. The Labute approximate surface area is 124 Å². The van der Waals surface area contributed by atoms with E-state index < -0.39 is 5.82 Å². The lowest BCUT2D eigenvalue weighted by atomic mass is 9.93. The van der Waals surface area contributed by atoms with Crippen LogP contribution in [0.2, 0.25) is 0 Å². The fourth-order valence-corrected chi connectivity index (χ4v) is 3.13. The minimum Gasteiger partial charge on any atom is -0.505 e. The average Bonchev–Trinajstić information content (AvgIpc) is 3.33. The molecule has 0 spiro atoms. The molecular weight excluding hydrogens is 269 g/mol. The second-order valence-electron chi connectivity index (χ2n) is 5.95. The Kier molecular flexibility index (Phi) is 4.09. The summed E-state index contributed by atoms with van der Waals surface area (Å²) in [7, 11) is 0. The molecule has 1 heterocycles. The van der Waals surface area contributed by atoms with Gasteiger partial charge in [-0.05, 0) is 24.5 Å². The average molecular weight is 289 g/mol. The summed E-state index contributed by atoms with van der Waals surface area (Å²) in [5, 5.41) is 22.8. The van der Waals surface area contributed by atoms with Gasteiger partial charge in [0.2, 0.25) is 0 Å². The maximum atomic E-state index is 13.8. The van der Waals surface area contributed by atoms with Gasteiger partial charge < -0.3 is 10.4 Å². The van der Waals surface area contributed by atoms with Crippen molar-refractivity contribution < 1.29 is 9.50 Å². The summed E-state index contributed by atoms with van der Waals surface area (Å²) >= 11 is 0. The van der Waals surface area contributed by atoms with Crippen molar-refractivity contribution in [2.75, 3.05) is 26.2 Å². The first-order chi connectivity index (χ1) is 10.2. The molecule has 21 heavy (non-hydrogen) atoms. The van der Waals surface area contributed by atoms with Gasteiger partial charge >= 0.3 is 0 Å². The van der Waals surface area contributed by atoms with Crippen LogP contribution in [-0.2, 0) is 0 Å². The molecule has 5 heteroatoms. The van der Waals surface area contributed by atoms with Gasteiger partial charge in [0.1, 0.15) is 0 Å². The molecule has 2 N–H and O–H groups in total. The second kappa shape index (κ2) is 6.00. The lowest BCUT2D eigenvalue weighted by molar-refractivity contribution is 0.157. The lowest BCUT2D eigenvalue weighted by Crippen LogP contribution is -2.45. The fourth-order valence-electron chi connectivity index (χ4n) is 3.13. The highest BCUT2D eigenvalue weighted by Crippen LogP contribution is 2.43. The number of hydrogen-bond acceptors (Lipinski definition) is 4. The standard InChI is InChI=1S/C16H20FN3O/c17-13-4-3-12(10-18)15(16(13)21)14(9-11-1-2-11)20-7-5-19-6-8-20/h3-4,11,14,19,21H,1-2,5-9H2/t14-/m1/s1. The molecule has 0 radical (unpaired) electrons. The largest absolute Gasteiger partial charge is 0.505 e. The van der Waals surface area contributed by atoms with E-state index in [0.29, 0.717) is 17.0 Å². The topological polar surface area (TPSA) is 59.3 Å². The zero-order valence-electron chi connectivity index (χ0n) is 12.0. The molecule has 3 rings (SSSR count). The van der Waals surface area contributed by atoms with E-state index in [9.17, 15) is 14.8 Å². The van der Waals surface area contributed by atoms with Crippen LogP contribution in [0.25, 0.3) is 0 Å². The van der Waals surface area contributed by atoms with Crippen LogP contribution in [0, 0.1) is 23.1 Å². The Hall–Kier alpha value is -1.64. The summed E-state index contributed by atoms with van der Waals surface area (Å²) in [5.41, 5.74) is 0.865. The minimum absolute atomic E-state index is 0.0649. The van der Waals surface area contributed by atoms with Crippen LogP contribution in [0.15, 0.2) is 12.1 Å². The van der Waals surface area contributed by atoms with Gasteiger partial charge in [0.05, 0.1) is 11.6 Å². The third-order valence-corrected chi connectivity index (χ3v) is 4.47. The van der Waals surface area contributed by atoms with Crippen LogP contribution in [-0.4, -0.2) is 36.2 Å². The van der Waals surface area contributed by atoms with Crippen LogP contribution in [0.3, 0.4) is 0 Å². The van der Waals surface area contributed by atoms with Crippen molar-refractivity contribution in [3.8, 4) is 11.8 Å². The molecule has 2 fully saturated rings. The third kappa shape index (κ3) is 3.02. The van der Waals surface area contributed by atoms with Crippen LogP contribution < -0.4 is 5.32 Å². The van der Waals surface area contributed by atoms with E-state index in [0.717, 1.165) is 32.6 Å². The predicted octanol–water partition coefficient (Wildman–Crippen LogP) is 2.15. The monoisotopic (exact) mass is 289 g/mol. The molecule has 0 amide bonds. The van der Waals surface area contributed by atoms with Gasteiger partial charge in [0.25, 0.3) is 0 Å². The van der Waals surface area contributed by atoms with Gasteiger partial charge in [-0.2, -0.15) is 5.26 Å². The number of nitrogens with zero attached hydrogens (tertiary/aromatic N) is 2. The van der Waals surface area contributed by atoms with Crippen molar-refractivity contribution in [1.29, 1.82) is 5.26 Å². The molecule has 1 aliphatic heterocycles. The Morgan fingerprint density at radius 2 is 2.10 bits per heavy atom. The number of benzene rings is 1. The number of aromatic hydroxyl groups is 1. The number of hydrogen-bond donors (Lipinski definition) is 2. The zero-order valence-corrected chi connectivity index (χ0v) is 12.0. The molecule has 1 saturated carbocycles. The fraction of sp³-hybridized carbons (Fsp3) is 0.562. The smallest absolute Gasteiger partial charge is 0.165 e. The normalized spacial score (nSPS) is 21.0. The molecule has 1 aliphatic carbocycles. The maximum absolute atomic E-state index is 13.8. The van der Waals surface area contributed by atoms with Gasteiger partial charge in [-0.3, -0.25) is 4.90 Å². The number of phenolic OH excluding ortho intramolecular Hbond substituents is 1. The number of nitriles is 1. The van der Waals surface area contributed by atoms with Gasteiger partial charge in [0, 0.05) is 37.8 Å². The number of nitrogens with one attached hydrogen (secondary N) is 1. The molecule has 1 atom stereocenters. The van der Waals surface area contributed by atoms with Crippen LogP contribution in [0.5, 0.6) is 5.75 Å². The summed E-state index contributed by atoms with van der Waals surface area (Å²) in [6.07, 6.45) is 3.28. The maximum Gasteiger partial charge on any atom is 0.165 e. The predicted molar refractivity (Wildman–Crippen MR) is 77.3 cm³/mol. The molecule has 0 bridgehead atoms. The highest BCUT2D eigenvalue weighted by molar-refractivity contribution is 5.49. The number of rotatable bonds is 4. The van der Waals surface area contributed by atoms with E-state index in [1.165, 1.54) is 25.0 Å². The summed E-state index contributed by atoms with van der Waals surface area (Å²) in [6.45, 7) is 3.49. The third-order valence-electron chi connectivity index (χ3n) is 4.47. The first-order valence-corrected chi connectivity index (χ1v) is 7.57. The number of phenols is 1. The van der Waals surface area contributed by atoms with Gasteiger partial charge in [-0.15, -0.1) is 0 Å². The van der Waals surface area contributed by atoms with Gasteiger partial charge in [-0.1, -0.05) is 12.8 Å². The minimum atomic E-state index is -0.639. The SMILES string of the molecule is N#Cc1ccc(F)c(O)c1[C@@H](CC1CC1)N1CCNCC1. The Bertz CT molecular complexity index is 559. The highest BCUT2D eigenvalue weighted by Gasteiger charge is 2.33. The summed E-state index contributed by atoms with van der Waals surface area (Å²) in [5.74, 6) is -0.350. The van der Waals surface area contributed by atoms with Crippen LogP contribution >= 0.6 is 0 Å². The van der Waals surface area contributed by atoms with E-state index >= 15 is 0 Å². The van der Waals surface area contributed by atoms with Gasteiger partial charge in [0.15, 0.2) is 11.6 Å². The first kappa shape index (κ1) is 14.3. The Morgan fingerprint density at radius 3 is 2.71 bits per heavy atom. The number of halogens is 1. The van der Waals surface area contributed by atoms with Crippen molar-refractivity contribution in [3.05, 3.63) is 29.1 Å². The first-order valence-electron chi connectivity index (χ1n) is 7.57. The molecular formula is C16H20FN3O. The Morgan fingerprint density at radius 1 is 1.38 bits per heavy atom. The van der Waals surface area contributed by atoms with Crippen molar-refractivity contribution in [2.24, 2.45) is 5.92 Å². The lowest BCUT2D eigenvalue weighted by Gasteiger charge is -2.36. The van der Waals surface area contributed by atoms with E-state index in [1.54, 1.807) is 0 Å². The molecule has 0 aromatic heterocycles. The summed E-state index contributed by atoms with van der Waals surface area (Å²) in [4.78, 5) is 2.27. The van der Waals surface area contributed by atoms with Crippen molar-refractivity contribution in [1.82, 2.24) is 10.2 Å². The molecule has 1 aromatic rings. The Balaban J connectivity index is 1.98. The van der Waals surface area contributed by atoms with Crippen LogP contribution in [0.4, 0.5) is 4.39 Å². The van der Waals surface area contributed by atoms with Crippen molar-refractivity contribution in [3.63, 3.8) is 0 Å². The van der Waals surface area contributed by atoms with Crippen LogP contribution in [0.1, 0.15) is 36.4 Å². The molecule has 0 unspecified atom stereocenters. The molecule has 1 aromatic carbocycles. The molecule has 1 saturated heterocycles. The summed E-state index contributed by atoms with van der Waals surface area (Å²) < 4.78 is 13.8. The quantitative estimate of drug-likeness (QED) is 0.891. The van der Waals surface area contributed by atoms with E-state index in [2.05, 4.69) is 16.3 Å². The van der Waals surface area contributed by atoms with E-state index in [4.69, 9.17) is 0 Å². The summed E-state index contributed by atoms with van der Waals surface area (Å²) in [6, 6.07) is 4.69. The van der Waals surface area contributed by atoms with Crippen molar-refractivity contribution >= 4 is 0 Å². The van der Waals surface area contributed by atoms with Gasteiger partial charge in [-0.25, -0.2) is 4.39 Å².